The van der Waals surface area contributed by atoms with E-state index in [1.54, 1.807) is 18.2 Å². The topological polar surface area (TPSA) is 80.8 Å². The molecule has 10 heteroatoms. The van der Waals surface area contributed by atoms with Crippen LogP contribution in [-0.4, -0.2) is 25.3 Å². The Bertz CT molecular complexity index is 1450. The van der Waals surface area contributed by atoms with Gasteiger partial charge in [-0.2, -0.15) is 21.6 Å². The Kier molecular flexibility index (Phi) is 7.43. The Labute approximate surface area is 213 Å². The zero-order chi connectivity index (χ0) is 27.0. The van der Waals surface area contributed by atoms with Gasteiger partial charge < -0.3 is 0 Å². The molecule has 2 amide bonds. The molecule has 0 saturated heterocycles. The number of benzene rings is 3. The molecule has 4 rings (SSSR count). The van der Waals surface area contributed by atoms with E-state index in [0.717, 1.165) is 37.7 Å². The van der Waals surface area contributed by atoms with Gasteiger partial charge in [0.15, 0.2) is 0 Å². The van der Waals surface area contributed by atoms with Gasteiger partial charge in [0, 0.05) is 5.39 Å². The average molecular weight is 534 g/mol. The summed E-state index contributed by atoms with van der Waals surface area (Å²) in [5.41, 5.74) is 0.0693. The van der Waals surface area contributed by atoms with E-state index in [1.807, 2.05) is 6.07 Å². The number of carbonyl (C=O) groups excluding carboxylic acids is 2. The largest absolute Gasteiger partial charge is 0.416 e. The van der Waals surface area contributed by atoms with Crippen molar-refractivity contribution in [3.8, 4) is 0 Å². The standard InChI is InChI=1S/C27H26F3NO5S/c1-3-5-7-17(4-2)14-18-15-19-8-6-9-22-24(19)23(16-18)26(33)31(25(22)32)36-37(34,35)21-12-10-20(11-13-21)27(28,29)30/h6,8-13,15-17H,3-5,7,14H2,1-2H3. The Morgan fingerprint density at radius 2 is 1.62 bits per heavy atom. The molecule has 1 heterocycles. The monoisotopic (exact) mass is 533 g/mol. The quantitative estimate of drug-likeness (QED) is 0.292. The molecule has 1 atom stereocenters. The molecule has 37 heavy (non-hydrogen) atoms. The fourth-order valence-corrected chi connectivity index (χ4v) is 5.45. The summed E-state index contributed by atoms with van der Waals surface area (Å²) in [6, 6.07) is 11.1. The molecule has 3 aromatic carbocycles. The molecule has 0 bridgehead atoms. The lowest BCUT2D eigenvalue weighted by atomic mass is 9.87. The molecule has 0 saturated carbocycles. The van der Waals surface area contributed by atoms with E-state index in [9.17, 15) is 31.2 Å². The molecule has 1 unspecified atom stereocenters. The molecular formula is C27H26F3NO5S. The van der Waals surface area contributed by atoms with Crippen molar-refractivity contribution in [2.45, 2.75) is 57.0 Å². The number of hydrogen-bond donors (Lipinski definition) is 0. The second kappa shape index (κ2) is 10.3. The highest BCUT2D eigenvalue weighted by Crippen LogP contribution is 2.34. The van der Waals surface area contributed by atoms with Crippen molar-refractivity contribution in [2.24, 2.45) is 5.92 Å². The van der Waals surface area contributed by atoms with Gasteiger partial charge in [-0.05, 0) is 59.7 Å². The van der Waals surface area contributed by atoms with Crippen molar-refractivity contribution in [1.29, 1.82) is 0 Å². The van der Waals surface area contributed by atoms with Crippen molar-refractivity contribution in [3.05, 3.63) is 76.9 Å². The third kappa shape index (κ3) is 5.40. The van der Waals surface area contributed by atoms with Gasteiger partial charge in [0.1, 0.15) is 0 Å². The number of imide groups is 1. The van der Waals surface area contributed by atoms with Crippen LogP contribution >= 0.6 is 0 Å². The lowest BCUT2D eigenvalue weighted by molar-refractivity contribution is -0.137. The Balaban J connectivity index is 1.69. The van der Waals surface area contributed by atoms with Crippen LogP contribution in [0.15, 0.2) is 59.5 Å². The molecule has 196 valence electrons. The number of carbonyl (C=O) groups is 2. The first-order valence-electron chi connectivity index (χ1n) is 12.0. The van der Waals surface area contributed by atoms with E-state index in [1.165, 1.54) is 6.07 Å². The number of hydrogen-bond acceptors (Lipinski definition) is 5. The smallest absolute Gasteiger partial charge is 0.266 e. The third-order valence-corrected chi connectivity index (χ3v) is 7.77. The Morgan fingerprint density at radius 1 is 0.946 bits per heavy atom. The van der Waals surface area contributed by atoms with Gasteiger partial charge in [-0.15, -0.1) is 9.35 Å². The van der Waals surface area contributed by atoms with Crippen molar-refractivity contribution < 1.29 is 35.5 Å². The van der Waals surface area contributed by atoms with E-state index in [0.29, 0.717) is 41.0 Å². The van der Waals surface area contributed by atoms with Gasteiger partial charge in [0.05, 0.1) is 21.6 Å². The lowest BCUT2D eigenvalue weighted by Gasteiger charge is -2.26. The van der Waals surface area contributed by atoms with Crippen LogP contribution in [-0.2, 0) is 27.0 Å². The lowest BCUT2D eigenvalue weighted by Crippen LogP contribution is -2.41. The summed E-state index contributed by atoms with van der Waals surface area (Å²) in [5.74, 6) is -1.52. The highest BCUT2D eigenvalue weighted by atomic mass is 32.2. The van der Waals surface area contributed by atoms with Crippen LogP contribution in [0.2, 0.25) is 0 Å². The molecule has 0 aromatic heterocycles. The zero-order valence-corrected chi connectivity index (χ0v) is 21.2. The highest BCUT2D eigenvalue weighted by molar-refractivity contribution is 7.86. The maximum atomic E-state index is 13.4. The predicted molar refractivity (Wildman–Crippen MR) is 131 cm³/mol. The molecule has 0 N–H and O–H groups in total. The second-order valence-electron chi connectivity index (χ2n) is 9.12. The first-order valence-corrected chi connectivity index (χ1v) is 13.4. The minimum Gasteiger partial charge on any atom is -0.266 e. The van der Waals surface area contributed by atoms with Crippen LogP contribution in [0.5, 0.6) is 0 Å². The first-order chi connectivity index (χ1) is 17.5. The third-order valence-electron chi connectivity index (χ3n) is 6.58. The minimum atomic E-state index is -4.79. The molecule has 1 aliphatic heterocycles. The number of rotatable bonds is 9. The van der Waals surface area contributed by atoms with E-state index in [-0.39, 0.29) is 16.2 Å². The number of hydroxylamine groups is 2. The van der Waals surface area contributed by atoms with Gasteiger partial charge in [0.25, 0.3) is 11.8 Å². The molecule has 0 fully saturated rings. The van der Waals surface area contributed by atoms with Gasteiger partial charge in [-0.25, -0.2) is 0 Å². The van der Waals surface area contributed by atoms with Crippen LogP contribution < -0.4 is 0 Å². The second-order valence-corrected chi connectivity index (χ2v) is 10.7. The fourth-order valence-electron chi connectivity index (χ4n) is 4.56. The van der Waals surface area contributed by atoms with Crippen LogP contribution in [0.3, 0.4) is 0 Å². The number of alkyl halides is 3. The van der Waals surface area contributed by atoms with Crippen LogP contribution in [0, 0.1) is 5.92 Å². The Morgan fingerprint density at radius 3 is 2.24 bits per heavy atom. The van der Waals surface area contributed by atoms with Gasteiger partial charge in [-0.1, -0.05) is 57.7 Å². The Hall–Kier alpha value is -3.24. The zero-order valence-electron chi connectivity index (χ0n) is 20.3. The summed E-state index contributed by atoms with van der Waals surface area (Å²) in [5, 5.41) is 1.26. The normalized spacial score (nSPS) is 14.9. The van der Waals surface area contributed by atoms with Gasteiger partial charge in [0.2, 0.25) is 0 Å². The SMILES string of the molecule is CCCCC(CC)Cc1cc2c3c(cccc3c1)C(=O)N(OS(=O)(=O)c1ccc(C(F)(F)F)cc1)C2=O. The summed E-state index contributed by atoms with van der Waals surface area (Å²) < 4.78 is 69.1. The highest BCUT2D eigenvalue weighted by Gasteiger charge is 2.38. The van der Waals surface area contributed by atoms with Crippen molar-refractivity contribution in [3.63, 3.8) is 0 Å². The molecule has 0 aliphatic carbocycles. The number of amides is 2. The maximum absolute atomic E-state index is 13.4. The van der Waals surface area contributed by atoms with Crippen molar-refractivity contribution in [2.75, 3.05) is 0 Å². The van der Waals surface area contributed by atoms with Gasteiger partial charge in [-0.3, -0.25) is 9.59 Å². The summed E-state index contributed by atoms with van der Waals surface area (Å²) in [6.45, 7) is 4.23. The summed E-state index contributed by atoms with van der Waals surface area (Å²) in [7, 11) is -4.79. The molecular weight excluding hydrogens is 507 g/mol. The predicted octanol–water partition coefficient (Wildman–Crippen LogP) is 6.53. The summed E-state index contributed by atoms with van der Waals surface area (Å²) >= 11 is 0. The number of unbranched alkanes of at least 4 members (excludes halogenated alkanes) is 1. The molecule has 1 aliphatic rings. The minimum absolute atomic E-state index is 0.0966. The molecule has 6 nitrogen and oxygen atoms in total. The fraction of sp³-hybridized carbons (Fsp3) is 0.333. The first kappa shape index (κ1) is 26.8. The number of halogens is 3. The number of nitrogens with zero attached hydrogens (tertiary/aromatic N) is 1. The molecule has 0 radical (unpaired) electrons. The van der Waals surface area contributed by atoms with Crippen LogP contribution in [0.1, 0.15) is 71.4 Å². The molecule has 3 aromatic rings. The van der Waals surface area contributed by atoms with Gasteiger partial charge >= 0.3 is 16.3 Å². The summed E-state index contributed by atoms with van der Waals surface area (Å²) in [4.78, 5) is 25.8. The van der Waals surface area contributed by atoms with Crippen molar-refractivity contribution >= 4 is 32.7 Å². The average Bonchev–Trinajstić information content (AvgIpc) is 2.86. The van der Waals surface area contributed by atoms with E-state index < -0.39 is 38.6 Å². The van der Waals surface area contributed by atoms with E-state index in [4.69, 9.17) is 4.28 Å². The maximum Gasteiger partial charge on any atom is 0.416 e. The van der Waals surface area contributed by atoms with E-state index >= 15 is 0 Å². The summed E-state index contributed by atoms with van der Waals surface area (Å²) in [6.07, 6.45) is 0.210. The molecule has 0 spiro atoms. The van der Waals surface area contributed by atoms with Crippen LogP contribution in [0.4, 0.5) is 13.2 Å². The van der Waals surface area contributed by atoms with Crippen molar-refractivity contribution in [1.82, 2.24) is 5.06 Å². The van der Waals surface area contributed by atoms with Crippen LogP contribution in [0.25, 0.3) is 10.8 Å². The van der Waals surface area contributed by atoms with E-state index in [2.05, 4.69) is 13.8 Å².